The molecule has 6 N–H and O–H groups in total. The maximum atomic E-state index is 12.3. The highest BCUT2D eigenvalue weighted by Crippen LogP contribution is 2.33. The van der Waals surface area contributed by atoms with Gasteiger partial charge in [-0.1, -0.05) is 39.0 Å². The molecule has 30 heavy (non-hydrogen) atoms. The quantitative estimate of drug-likeness (QED) is 0.412. The molecular weight excluding hydrogens is 388 g/mol. The van der Waals surface area contributed by atoms with Crippen LogP contribution in [0.4, 0.5) is 0 Å². The summed E-state index contributed by atoms with van der Waals surface area (Å²) in [5.41, 5.74) is 10.6. The van der Waals surface area contributed by atoms with Crippen molar-refractivity contribution in [3.63, 3.8) is 0 Å². The molecule has 0 heterocycles. The van der Waals surface area contributed by atoms with Gasteiger partial charge in [-0.05, 0) is 36.6 Å². The van der Waals surface area contributed by atoms with Crippen LogP contribution in [0.5, 0.6) is 0 Å². The van der Waals surface area contributed by atoms with E-state index in [9.17, 15) is 29.4 Å². The average molecular weight is 414 g/mol. The number of carboxylic acid groups (broad SMARTS) is 2. The molecule has 0 bridgehead atoms. The van der Waals surface area contributed by atoms with Gasteiger partial charge in [0.2, 0.25) is 11.8 Å². The predicted octanol–water partition coefficient (Wildman–Crippen LogP) is 3.34. The van der Waals surface area contributed by atoms with Crippen LogP contribution in [0.15, 0.2) is 18.2 Å². The van der Waals surface area contributed by atoms with Gasteiger partial charge >= 0.3 is 11.9 Å². The number of fused-ring (bicyclic) bond motifs is 1. The fourth-order valence-corrected chi connectivity index (χ4v) is 3.75. The molecule has 0 unspecified atom stereocenters. The van der Waals surface area contributed by atoms with Crippen molar-refractivity contribution in [3.8, 4) is 0 Å². The van der Waals surface area contributed by atoms with Crippen LogP contribution in [0, 0.1) is 0 Å². The standard InChI is InChI=1S/C22H26N2O6/c1-2-3-4-5-6-7-8-12-11-15(19(23)25)17-13(21(27)28)9-10-14(22(29)30)18(17)16(12)20(24)26/h9-11H,2-8H2,1H3,(H2,23,25)(H2,24,26)(H,27,28)(H,29,30). The lowest BCUT2D eigenvalue weighted by molar-refractivity contribution is 0.0684. The number of carbonyl (C=O) groups is 4. The van der Waals surface area contributed by atoms with E-state index in [2.05, 4.69) is 6.92 Å². The zero-order valence-corrected chi connectivity index (χ0v) is 16.9. The van der Waals surface area contributed by atoms with Gasteiger partial charge in [0.15, 0.2) is 0 Å². The van der Waals surface area contributed by atoms with Crippen molar-refractivity contribution >= 4 is 34.5 Å². The van der Waals surface area contributed by atoms with Gasteiger partial charge in [0.1, 0.15) is 0 Å². The number of benzene rings is 2. The Bertz CT molecular complexity index is 1010. The molecule has 2 rings (SSSR count). The molecule has 2 aromatic carbocycles. The monoisotopic (exact) mass is 414 g/mol. The third kappa shape index (κ3) is 4.76. The Morgan fingerprint density at radius 1 is 0.767 bits per heavy atom. The first-order valence-electron chi connectivity index (χ1n) is 9.89. The number of hydrogen-bond donors (Lipinski definition) is 4. The molecule has 0 aromatic heterocycles. The van der Waals surface area contributed by atoms with Gasteiger partial charge in [-0.2, -0.15) is 0 Å². The summed E-state index contributed by atoms with van der Waals surface area (Å²) in [6.07, 6.45) is 6.33. The first-order valence-corrected chi connectivity index (χ1v) is 9.89. The zero-order valence-electron chi connectivity index (χ0n) is 16.9. The Morgan fingerprint density at radius 3 is 1.80 bits per heavy atom. The first-order chi connectivity index (χ1) is 14.2. The minimum absolute atomic E-state index is 0.0796. The molecule has 8 heteroatoms. The largest absolute Gasteiger partial charge is 0.478 e. The molecule has 160 valence electrons. The van der Waals surface area contributed by atoms with Crippen molar-refractivity contribution in [3.05, 3.63) is 46.0 Å². The Hall–Kier alpha value is -3.42. The van der Waals surface area contributed by atoms with Gasteiger partial charge < -0.3 is 21.7 Å². The molecule has 0 fully saturated rings. The first kappa shape index (κ1) is 22.9. The summed E-state index contributed by atoms with van der Waals surface area (Å²) in [4.78, 5) is 48.0. The normalized spacial score (nSPS) is 10.8. The second-order valence-electron chi connectivity index (χ2n) is 7.23. The van der Waals surface area contributed by atoms with Crippen LogP contribution in [0.1, 0.15) is 92.4 Å². The van der Waals surface area contributed by atoms with E-state index in [0.29, 0.717) is 18.4 Å². The van der Waals surface area contributed by atoms with E-state index in [1.54, 1.807) is 0 Å². The number of aromatic carboxylic acids is 2. The van der Waals surface area contributed by atoms with Crippen molar-refractivity contribution in [1.82, 2.24) is 0 Å². The summed E-state index contributed by atoms with van der Waals surface area (Å²) in [5.74, 6) is -4.54. The number of nitrogens with two attached hydrogens (primary N) is 2. The summed E-state index contributed by atoms with van der Waals surface area (Å²) >= 11 is 0. The van der Waals surface area contributed by atoms with E-state index in [0.717, 1.165) is 44.2 Å². The van der Waals surface area contributed by atoms with E-state index >= 15 is 0 Å². The minimum Gasteiger partial charge on any atom is -0.478 e. The van der Waals surface area contributed by atoms with Crippen LogP contribution in [0.2, 0.25) is 0 Å². The molecule has 0 radical (unpaired) electrons. The topological polar surface area (TPSA) is 161 Å². The molecule has 2 aromatic rings. The number of aryl methyl sites for hydroxylation is 1. The van der Waals surface area contributed by atoms with Crippen molar-refractivity contribution < 1.29 is 29.4 Å². The fourth-order valence-electron chi connectivity index (χ4n) is 3.75. The van der Waals surface area contributed by atoms with Gasteiger partial charge in [0.05, 0.1) is 16.7 Å². The van der Waals surface area contributed by atoms with Gasteiger partial charge in [-0.3, -0.25) is 9.59 Å². The number of primary amides is 2. The van der Waals surface area contributed by atoms with Gasteiger partial charge in [-0.25, -0.2) is 9.59 Å². The lowest BCUT2D eigenvalue weighted by Gasteiger charge is -2.17. The molecule has 8 nitrogen and oxygen atoms in total. The summed E-state index contributed by atoms with van der Waals surface area (Å²) in [6.45, 7) is 2.12. The van der Waals surface area contributed by atoms with Crippen LogP contribution in [-0.2, 0) is 6.42 Å². The molecule has 0 saturated heterocycles. The average Bonchev–Trinajstić information content (AvgIpc) is 2.68. The molecule has 0 atom stereocenters. The van der Waals surface area contributed by atoms with Crippen LogP contribution in [0.3, 0.4) is 0 Å². The highest BCUT2D eigenvalue weighted by molar-refractivity contribution is 6.23. The number of carboxylic acids is 2. The van der Waals surface area contributed by atoms with Crippen molar-refractivity contribution in [1.29, 1.82) is 0 Å². The molecule has 2 amide bonds. The lowest BCUT2D eigenvalue weighted by Crippen LogP contribution is -2.21. The third-order valence-corrected chi connectivity index (χ3v) is 5.14. The second-order valence-corrected chi connectivity index (χ2v) is 7.23. The third-order valence-electron chi connectivity index (χ3n) is 5.14. The zero-order chi connectivity index (χ0) is 22.4. The smallest absolute Gasteiger partial charge is 0.336 e. The highest BCUT2D eigenvalue weighted by atomic mass is 16.4. The molecule has 0 aliphatic carbocycles. The summed E-state index contributed by atoms with van der Waals surface area (Å²) in [7, 11) is 0. The number of amides is 2. The second kappa shape index (κ2) is 9.87. The summed E-state index contributed by atoms with van der Waals surface area (Å²) < 4.78 is 0. The Balaban J connectivity index is 2.73. The van der Waals surface area contributed by atoms with Crippen LogP contribution >= 0.6 is 0 Å². The maximum absolute atomic E-state index is 12.3. The molecule has 0 spiro atoms. The molecule has 0 saturated carbocycles. The Labute approximate surface area is 173 Å². The van der Waals surface area contributed by atoms with Gasteiger partial charge in [-0.15, -0.1) is 0 Å². The number of hydrogen-bond acceptors (Lipinski definition) is 4. The highest BCUT2D eigenvalue weighted by Gasteiger charge is 2.26. The summed E-state index contributed by atoms with van der Waals surface area (Å²) in [6, 6.07) is 3.55. The lowest BCUT2D eigenvalue weighted by atomic mass is 9.86. The van der Waals surface area contributed by atoms with Crippen LogP contribution < -0.4 is 11.5 Å². The molecule has 0 aliphatic heterocycles. The SMILES string of the molecule is CCCCCCCCc1cc(C(N)=O)c2c(C(=O)O)ccc(C(=O)O)c2c1C(N)=O. The maximum Gasteiger partial charge on any atom is 0.336 e. The molecular formula is C22H26N2O6. The van der Waals surface area contributed by atoms with Crippen LogP contribution in [-0.4, -0.2) is 34.0 Å². The van der Waals surface area contributed by atoms with E-state index in [1.165, 1.54) is 6.07 Å². The van der Waals surface area contributed by atoms with Crippen LogP contribution in [0.25, 0.3) is 10.8 Å². The van der Waals surface area contributed by atoms with Crippen molar-refractivity contribution in [2.45, 2.75) is 51.9 Å². The fraction of sp³-hybridized carbons (Fsp3) is 0.364. The summed E-state index contributed by atoms with van der Waals surface area (Å²) in [5, 5.41) is 18.8. The Kier molecular flexibility index (Phi) is 7.52. The van der Waals surface area contributed by atoms with Gasteiger partial charge in [0, 0.05) is 16.3 Å². The molecule has 0 aliphatic rings. The van der Waals surface area contributed by atoms with E-state index in [1.807, 2.05) is 0 Å². The number of carbonyl (C=O) groups excluding carboxylic acids is 2. The van der Waals surface area contributed by atoms with E-state index in [4.69, 9.17) is 11.5 Å². The van der Waals surface area contributed by atoms with Crippen molar-refractivity contribution in [2.75, 3.05) is 0 Å². The van der Waals surface area contributed by atoms with E-state index < -0.39 is 23.8 Å². The van der Waals surface area contributed by atoms with Gasteiger partial charge in [0.25, 0.3) is 0 Å². The minimum atomic E-state index is -1.38. The Morgan fingerprint density at radius 2 is 1.30 bits per heavy atom. The number of rotatable bonds is 11. The predicted molar refractivity (Wildman–Crippen MR) is 112 cm³/mol. The van der Waals surface area contributed by atoms with E-state index in [-0.39, 0.29) is 33.0 Å². The van der Waals surface area contributed by atoms with Crippen molar-refractivity contribution in [2.24, 2.45) is 11.5 Å². The number of unbranched alkanes of at least 4 members (excludes halogenated alkanes) is 5.